The molecule has 0 spiro atoms. The van der Waals surface area contributed by atoms with Crippen molar-refractivity contribution in [3.63, 3.8) is 0 Å². The SMILES string of the molecule is CN(C(=O)COc1cc(Cl)c(Cl)cc1Cl)C(C(N)=O)c1cccc(F)c1. The Hall–Kier alpha value is -2.02. The molecule has 0 saturated heterocycles. The molecule has 26 heavy (non-hydrogen) atoms. The van der Waals surface area contributed by atoms with E-state index < -0.39 is 30.3 Å². The lowest BCUT2D eigenvalue weighted by molar-refractivity contribution is -0.139. The molecule has 2 aromatic carbocycles. The quantitative estimate of drug-likeness (QED) is 0.723. The first kappa shape index (κ1) is 20.3. The van der Waals surface area contributed by atoms with Gasteiger partial charge in [0.15, 0.2) is 6.61 Å². The number of hydrogen-bond acceptors (Lipinski definition) is 3. The third kappa shape index (κ3) is 4.78. The number of likely N-dealkylation sites (N-methyl/N-ethyl adjacent to an activating group) is 1. The van der Waals surface area contributed by atoms with Gasteiger partial charge < -0.3 is 15.4 Å². The number of carbonyl (C=O) groups is 2. The molecule has 2 amide bonds. The number of ether oxygens (including phenoxy) is 1. The molecule has 0 heterocycles. The molecule has 2 aromatic rings. The van der Waals surface area contributed by atoms with E-state index in [1.54, 1.807) is 0 Å². The Bertz CT molecular complexity index is 848. The van der Waals surface area contributed by atoms with Gasteiger partial charge in [0.05, 0.1) is 15.1 Å². The van der Waals surface area contributed by atoms with Gasteiger partial charge in [-0.25, -0.2) is 4.39 Å². The zero-order valence-corrected chi connectivity index (χ0v) is 15.8. The van der Waals surface area contributed by atoms with Crippen LogP contribution in [0.1, 0.15) is 11.6 Å². The zero-order chi connectivity index (χ0) is 19.4. The highest BCUT2D eigenvalue weighted by Gasteiger charge is 2.27. The first-order valence-electron chi connectivity index (χ1n) is 7.28. The van der Waals surface area contributed by atoms with E-state index in [1.165, 1.54) is 37.4 Å². The van der Waals surface area contributed by atoms with Gasteiger partial charge in [0, 0.05) is 13.1 Å². The Labute approximate surface area is 164 Å². The van der Waals surface area contributed by atoms with E-state index in [4.69, 9.17) is 45.3 Å². The number of carbonyl (C=O) groups excluding carboxylic acids is 2. The van der Waals surface area contributed by atoms with Crippen molar-refractivity contribution in [2.75, 3.05) is 13.7 Å². The lowest BCUT2D eigenvalue weighted by Gasteiger charge is -2.26. The number of amides is 2. The highest BCUT2D eigenvalue weighted by Crippen LogP contribution is 2.34. The largest absolute Gasteiger partial charge is 0.482 e. The Morgan fingerprint density at radius 3 is 2.42 bits per heavy atom. The molecule has 2 N–H and O–H groups in total. The molecule has 1 unspecified atom stereocenters. The fraction of sp³-hybridized carbons (Fsp3) is 0.176. The van der Waals surface area contributed by atoms with Crippen LogP contribution in [0.15, 0.2) is 36.4 Å². The summed E-state index contributed by atoms with van der Waals surface area (Å²) >= 11 is 17.7. The predicted octanol–water partition coefficient (Wildman–Crippen LogP) is 3.85. The van der Waals surface area contributed by atoms with Crippen molar-refractivity contribution in [2.24, 2.45) is 5.73 Å². The van der Waals surface area contributed by atoms with E-state index in [2.05, 4.69) is 0 Å². The smallest absolute Gasteiger partial charge is 0.261 e. The van der Waals surface area contributed by atoms with Gasteiger partial charge >= 0.3 is 0 Å². The van der Waals surface area contributed by atoms with Crippen molar-refractivity contribution in [1.29, 1.82) is 0 Å². The highest BCUT2D eigenvalue weighted by molar-refractivity contribution is 6.43. The molecule has 0 aromatic heterocycles. The fourth-order valence-electron chi connectivity index (χ4n) is 2.26. The summed E-state index contributed by atoms with van der Waals surface area (Å²) in [7, 11) is 1.36. The summed E-state index contributed by atoms with van der Waals surface area (Å²) in [5.41, 5.74) is 5.63. The average Bonchev–Trinajstić information content (AvgIpc) is 2.56. The lowest BCUT2D eigenvalue weighted by Crippen LogP contribution is -2.41. The molecule has 2 rings (SSSR count). The second-order valence-electron chi connectivity index (χ2n) is 5.35. The Kier molecular flexibility index (Phi) is 6.69. The minimum Gasteiger partial charge on any atom is -0.482 e. The van der Waals surface area contributed by atoms with Gasteiger partial charge in [0.2, 0.25) is 5.91 Å². The monoisotopic (exact) mass is 418 g/mol. The Morgan fingerprint density at radius 2 is 1.81 bits per heavy atom. The van der Waals surface area contributed by atoms with Gasteiger partial charge in [-0.2, -0.15) is 0 Å². The van der Waals surface area contributed by atoms with Crippen molar-refractivity contribution in [3.8, 4) is 5.75 Å². The minimum absolute atomic E-state index is 0.157. The summed E-state index contributed by atoms with van der Waals surface area (Å²) in [4.78, 5) is 25.2. The summed E-state index contributed by atoms with van der Waals surface area (Å²) in [5.74, 6) is -1.77. The lowest BCUT2D eigenvalue weighted by atomic mass is 10.0. The molecule has 0 radical (unpaired) electrons. The number of nitrogens with two attached hydrogens (primary N) is 1. The minimum atomic E-state index is -1.15. The van der Waals surface area contributed by atoms with E-state index in [0.29, 0.717) is 0 Å². The van der Waals surface area contributed by atoms with Crippen molar-refractivity contribution < 1.29 is 18.7 Å². The summed E-state index contributed by atoms with van der Waals surface area (Å²) in [6.45, 7) is -0.437. The van der Waals surface area contributed by atoms with Gasteiger partial charge in [0.1, 0.15) is 17.6 Å². The highest BCUT2D eigenvalue weighted by atomic mass is 35.5. The summed E-state index contributed by atoms with van der Waals surface area (Å²) in [6.07, 6.45) is 0. The number of halogens is 4. The molecule has 138 valence electrons. The van der Waals surface area contributed by atoms with Crippen LogP contribution in [-0.4, -0.2) is 30.4 Å². The van der Waals surface area contributed by atoms with Crippen LogP contribution in [0.4, 0.5) is 4.39 Å². The Balaban J connectivity index is 2.14. The summed E-state index contributed by atoms with van der Waals surface area (Å²) < 4.78 is 18.8. The molecular formula is C17H14Cl3FN2O3. The van der Waals surface area contributed by atoms with E-state index in [-0.39, 0.29) is 26.4 Å². The van der Waals surface area contributed by atoms with Crippen LogP contribution in [0.3, 0.4) is 0 Å². The number of nitrogens with zero attached hydrogens (tertiary/aromatic N) is 1. The van der Waals surface area contributed by atoms with Crippen molar-refractivity contribution in [2.45, 2.75) is 6.04 Å². The van der Waals surface area contributed by atoms with E-state index in [1.807, 2.05) is 0 Å². The molecule has 0 aliphatic heterocycles. The molecule has 0 aliphatic carbocycles. The number of benzene rings is 2. The molecule has 0 fully saturated rings. The Morgan fingerprint density at radius 1 is 1.15 bits per heavy atom. The number of primary amides is 1. The van der Waals surface area contributed by atoms with Crippen LogP contribution in [-0.2, 0) is 9.59 Å². The molecule has 0 saturated carbocycles. The zero-order valence-electron chi connectivity index (χ0n) is 13.5. The van der Waals surface area contributed by atoms with E-state index in [9.17, 15) is 14.0 Å². The van der Waals surface area contributed by atoms with Crippen molar-refractivity contribution >= 4 is 46.6 Å². The molecule has 5 nitrogen and oxygen atoms in total. The van der Waals surface area contributed by atoms with Crippen molar-refractivity contribution in [1.82, 2.24) is 4.90 Å². The average molecular weight is 420 g/mol. The molecule has 9 heteroatoms. The second kappa shape index (κ2) is 8.58. The van der Waals surface area contributed by atoms with Crippen LogP contribution in [0.2, 0.25) is 15.1 Å². The van der Waals surface area contributed by atoms with Crippen LogP contribution >= 0.6 is 34.8 Å². The predicted molar refractivity (Wildman–Crippen MR) is 98.1 cm³/mol. The maximum Gasteiger partial charge on any atom is 0.261 e. The van der Waals surface area contributed by atoms with Crippen LogP contribution < -0.4 is 10.5 Å². The summed E-state index contributed by atoms with van der Waals surface area (Å²) in [6, 6.07) is 6.88. The van der Waals surface area contributed by atoms with Gasteiger partial charge in [0.25, 0.3) is 5.91 Å². The normalized spacial score (nSPS) is 11.7. The van der Waals surface area contributed by atoms with Crippen LogP contribution in [0.5, 0.6) is 5.75 Å². The molecular weight excluding hydrogens is 406 g/mol. The van der Waals surface area contributed by atoms with Crippen LogP contribution in [0.25, 0.3) is 0 Å². The maximum atomic E-state index is 13.4. The third-order valence-corrected chi connectivity index (χ3v) is 4.56. The van der Waals surface area contributed by atoms with E-state index in [0.717, 1.165) is 11.0 Å². The van der Waals surface area contributed by atoms with Gasteiger partial charge in [-0.15, -0.1) is 0 Å². The standard InChI is InChI=1S/C17H14Cl3FN2O3/c1-23(16(17(22)25)9-3-2-4-10(21)5-9)15(24)8-26-14-7-12(19)11(18)6-13(14)20/h2-7,16H,8H2,1H3,(H2,22,25). The van der Waals surface area contributed by atoms with E-state index >= 15 is 0 Å². The molecule has 1 atom stereocenters. The summed E-state index contributed by atoms with van der Waals surface area (Å²) in [5, 5.41) is 0.625. The first-order chi connectivity index (χ1) is 12.2. The van der Waals surface area contributed by atoms with Gasteiger partial charge in [-0.1, -0.05) is 46.9 Å². The van der Waals surface area contributed by atoms with Crippen LogP contribution in [0, 0.1) is 5.82 Å². The van der Waals surface area contributed by atoms with Crippen molar-refractivity contribution in [3.05, 3.63) is 62.8 Å². The molecule has 0 aliphatic rings. The number of rotatable bonds is 6. The maximum absolute atomic E-state index is 13.4. The number of hydrogen-bond donors (Lipinski definition) is 1. The first-order valence-corrected chi connectivity index (χ1v) is 8.42. The molecule has 0 bridgehead atoms. The third-order valence-electron chi connectivity index (χ3n) is 3.54. The topological polar surface area (TPSA) is 72.6 Å². The second-order valence-corrected chi connectivity index (χ2v) is 6.57. The van der Waals surface area contributed by atoms with Gasteiger partial charge in [-0.3, -0.25) is 9.59 Å². The fourth-order valence-corrected chi connectivity index (χ4v) is 2.85. The van der Waals surface area contributed by atoms with Gasteiger partial charge in [-0.05, 0) is 23.8 Å².